The molecule has 1 aromatic heterocycles. The Morgan fingerprint density at radius 2 is 1.91 bits per heavy atom. The number of halogens is 1. The number of hydrogen-bond acceptors (Lipinski definition) is 4. The second-order valence-electron chi connectivity index (χ2n) is 7.93. The molecule has 1 atom stereocenters. The number of nitrogens with zero attached hydrogens (tertiary/aromatic N) is 1. The van der Waals surface area contributed by atoms with E-state index in [0.29, 0.717) is 54.3 Å². The quantitative estimate of drug-likeness (QED) is 0.575. The molecule has 1 heterocycles. The molecule has 1 amide bonds. The average Bonchev–Trinajstić information content (AvgIpc) is 3.01. The Kier molecular flexibility index (Phi) is 6.63. The van der Waals surface area contributed by atoms with Crippen LogP contribution in [0, 0.1) is 11.7 Å². The van der Waals surface area contributed by atoms with E-state index in [4.69, 9.17) is 4.74 Å². The largest absolute Gasteiger partial charge is 0.493 e. The molecule has 2 aromatic carbocycles. The maximum atomic E-state index is 13.2. The Bertz CT molecular complexity index is 1160. The van der Waals surface area contributed by atoms with Crippen LogP contribution in [-0.2, 0) is 12.8 Å². The van der Waals surface area contributed by atoms with Crippen molar-refractivity contribution in [1.29, 1.82) is 0 Å². The van der Waals surface area contributed by atoms with E-state index in [9.17, 15) is 14.0 Å². The Morgan fingerprint density at radius 3 is 2.69 bits per heavy atom. The van der Waals surface area contributed by atoms with Gasteiger partial charge in [-0.25, -0.2) is 9.37 Å². The lowest BCUT2D eigenvalue weighted by Crippen LogP contribution is -2.30. The zero-order chi connectivity index (χ0) is 22.5. The molecule has 0 saturated heterocycles. The SMILES string of the molecule is CCOc1ccccc1C(=O)NCC1CCc2nc(-c3ccc(F)cc3)[nH]c(=O)c2CC1. The molecule has 7 heteroatoms. The van der Waals surface area contributed by atoms with Crippen molar-refractivity contribution in [2.75, 3.05) is 13.2 Å². The van der Waals surface area contributed by atoms with Crippen LogP contribution in [0.1, 0.15) is 41.4 Å². The van der Waals surface area contributed by atoms with Crippen LogP contribution >= 0.6 is 0 Å². The molecular weight excluding hydrogens is 409 g/mol. The van der Waals surface area contributed by atoms with Gasteiger partial charge in [0.1, 0.15) is 17.4 Å². The van der Waals surface area contributed by atoms with Crippen molar-refractivity contribution in [3.63, 3.8) is 0 Å². The Hall–Kier alpha value is -3.48. The third-order valence-electron chi connectivity index (χ3n) is 5.79. The van der Waals surface area contributed by atoms with Gasteiger partial charge < -0.3 is 15.0 Å². The lowest BCUT2D eigenvalue weighted by atomic mass is 9.99. The lowest BCUT2D eigenvalue weighted by molar-refractivity contribution is 0.0942. The fraction of sp³-hybridized carbons (Fsp3) is 0.320. The van der Waals surface area contributed by atoms with E-state index in [2.05, 4.69) is 15.3 Å². The number of carbonyl (C=O) groups is 1. The number of aromatic amines is 1. The summed E-state index contributed by atoms with van der Waals surface area (Å²) < 4.78 is 18.8. The number of amides is 1. The Balaban J connectivity index is 1.43. The van der Waals surface area contributed by atoms with Crippen LogP contribution in [0.3, 0.4) is 0 Å². The molecule has 6 nitrogen and oxygen atoms in total. The van der Waals surface area contributed by atoms with Gasteiger partial charge in [-0.15, -0.1) is 0 Å². The number of nitrogens with one attached hydrogen (secondary N) is 2. The van der Waals surface area contributed by atoms with Crippen LogP contribution in [-0.4, -0.2) is 29.0 Å². The van der Waals surface area contributed by atoms with Gasteiger partial charge >= 0.3 is 0 Å². The summed E-state index contributed by atoms with van der Waals surface area (Å²) >= 11 is 0. The van der Waals surface area contributed by atoms with E-state index in [-0.39, 0.29) is 23.2 Å². The number of fused-ring (bicyclic) bond motifs is 1. The maximum absolute atomic E-state index is 13.2. The first-order chi connectivity index (χ1) is 15.5. The fourth-order valence-electron chi connectivity index (χ4n) is 4.06. The van der Waals surface area contributed by atoms with Crippen molar-refractivity contribution in [2.45, 2.75) is 32.6 Å². The number of carbonyl (C=O) groups excluding carboxylic acids is 1. The van der Waals surface area contributed by atoms with Gasteiger partial charge in [0.15, 0.2) is 0 Å². The summed E-state index contributed by atoms with van der Waals surface area (Å²) in [5, 5.41) is 3.02. The maximum Gasteiger partial charge on any atom is 0.255 e. The highest BCUT2D eigenvalue weighted by Gasteiger charge is 2.22. The minimum absolute atomic E-state index is 0.148. The molecular formula is C25H26FN3O3. The second kappa shape index (κ2) is 9.77. The second-order valence-corrected chi connectivity index (χ2v) is 7.93. The highest BCUT2D eigenvalue weighted by molar-refractivity contribution is 5.96. The van der Waals surface area contributed by atoms with Crippen LogP contribution in [0.5, 0.6) is 5.75 Å². The van der Waals surface area contributed by atoms with Crippen molar-refractivity contribution < 1.29 is 13.9 Å². The molecule has 0 radical (unpaired) electrons. The molecule has 0 aliphatic heterocycles. The summed E-state index contributed by atoms with van der Waals surface area (Å²) in [6.45, 7) is 2.90. The van der Waals surface area contributed by atoms with E-state index in [1.807, 2.05) is 19.1 Å². The van der Waals surface area contributed by atoms with E-state index in [1.54, 1.807) is 24.3 Å². The Morgan fingerprint density at radius 1 is 1.16 bits per heavy atom. The summed E-state index contributed by atoms with van der Waals surface area (Å²) in [6, 6.07) is 13.1. The predicted octanol–water partition coefficient (Wildman–Crippen LogP) is 3.90. The zero-order valence-corrected chi connectivity index (χ0v) is 18.0. The molecule has 0 bridgehead atoms. The monoisotopic (exact) mass is 435 g/mol. The lowest BCUT2D eigenvalue weighted by Gasteiger charge is -2.16. The molecule has 1 aliphatic carbocycles. The highest BCUT2D eigenvalue weighted by Crippen LogP contribution is 2.24. The van der Waals surface area contributed by atoms with Gasteiger partial charge in [-0.3, -0.25) is 9.59 Å². The van der Waals surface area contributed by atoms with E-state index < -0.39 is 0 Å². The first-order valence-electron chi connectivity index (χ1n) is 10.9. The molecule has 32 heavy (non-hydrogen) atoms. The normalized spacial score (nSPS) is 15.5. The van der Waals surface area contributed by atoms with Gasteiger partial charge in [-0.2, -0.15) is 0 Å². The van der Waals surface area contributed by atoms with Gasteiger partial charge in [-0.1, -0.05) is 12.1 Å². The molecule has 2 N–H and O–H groups in total. The molecule has 1 unspecified atom stereocenters. The number of rotatable bonds is 6. The first-order valence-corrected chi connectivity index (χ1v) is 10.9. The van der Waals surface area contributed by atoms with Crippen molar-refractivity contribution >= 4 is 5.91 Å². The average molecular weight is 435 g/mol. The predicted molar refractivity (Wildman–Crippen MR) is 120 cm³/mol. The van der Waals surface area contributed by atoms with E-state index >= 15 is 0 Å². The smallest absolute Gasteiger partial charge is 0.255 e. The number of ether oxygens (including phenoxy) is 1. The van der Waals surface area contributed by atoms with Crippen molar-refractivity contribution in [1.82, 2.24) is 15.3 Å². The number of aromatic nitrogens is 2. The standard InChI is InChI=1S/C25H26FN3O3/c1-2-32-22-6-4-3-5-20(22)24(30)27-15-16-7-13-19-21(14-8-16)28-23(29-25(19)31)17-9-11-18(26)12-10-17/h3-6,9-12,16H,2,7-8,13-15H2,1H3,(H,27,30)(H,28,29,31). The van der Waals surface area contributed by atoms with E-state index in [0.717, 1.165) is 18.5 Å². The first kappa shape index (κ1) is 21.7. The van der Waals surface area contributed by atoms with Gasteiger partial charge in [0, 0.05) is 17.7 Å². The third kappa shape index (κ3) is 4.88. The van der Waals surface area contributed by atoms with Gasteiger partial charge in [0.25, 0.3) is 11.5 Å². The fourth-order valence-corrected chi connectivity index (χ4v) is 4.06. The van der Waals surface area contributed by atoms with Gasteiger partial charge in [-0.05, 0) is 74.9 Å². The van der Waals surface area contributed by atoms with Crippen LogP contribution in [0.25, 0.3) is 11.4 Å². The van der Waals surface area contributed by atoms with Crippen LogP contribution in [0.2, 0.25) is 0 Å². The molecule has 0 fully saturated rings. The number of para-hydroxylation sites is 1. The summed E-state index contributed by atoms with van der Waals surface area (Å²) in [5.41, 5.74) is 2.53. The zero-order valence-electron chi connectivity index (χ0n) is 18.0. The minimum Gasteiger partial charge on any atom is -0.493 e. The molecule has 4 rings (SSSR count). The van der Waals surface area contributed by atoms with Gasteiger partial charge in [0.05, 0.1) is 17.9 Å². The minimum atomic E-state index is -0.334. The number of aryl methyl sites for hydroxylation is 1. The molecule has 0 saturated carbocycles. The molecule has 3 aromatic rings. The van der Waals surface area contributed by atoms with Crippen molar-refractivity contribution in [2.24, 2.45) is 5.92 Å². The molecule has 0 spiro atoms. The topological polar surface area (TPSA) is 84.1 Å². The van der Waals surface area contributed by atoms with Crippen molar-refractivity contribution in [3.8, 4) is 17.1 Å². The molecule has 166 valence electrons. The summed E-state index contributed by atoms with van der Waals surface area (Å²) in [7, 11) is 0. The molecule has 1 aliphatic rings. The Labute approximate surface area is 185 Å². The van der Waals surface area contributed by atoms with Crippen LogP contribution in [0.4, 0.5) is 4.39 Å². The van der Waals surface area contributed by atoms with E-state index in [1.165, 1.54) is 12.1 Å². The summed E-state index contributed by atoms with van der Waals surface area (Å²) in [6.07, 6.45) is 2.88. The third-order valence-corrected chi connectivity index (χ3v) is 5.79. The number of hydrogen-bond donors (Lipinski definition) is 2. The van der Waals surface area contributed by atoms with Crippen LogP contribution < -0.4 is 15.6 Å². The summed E-state index contributed by atoms with van der Waals surface area (Å²) in [4.78, 5) is 32.9. The number of benzene rings is 2. The summed E-state index contributed by atoms with van der Waals surface area (Å²) in [5.74, 6) is 0.768. The highest BCUT2D eigenvalue weighted by atomic mass is 19.1. The van der Waals surface area contributed by atoms with Gasteiger partial charge in [0.2, 0.25) is 0 Å². The number of H-pyrrole nitrogens is 1. The van der Waals surface area contributed by atoms with Crippen molar-refractivity contribution in [3.05, 3.63) is 81.5 Å². The van der Waals surface area contributed by atoms with Crippen LogP contribution in [0.15, 0.2) is 53.3 Å².